The summed E-state index contributed by atoms with van der Waals surface area (Å²) < 4.78 is 28.8. The van der Waals surface area contributed by atoms with Gasteiger partial charge in [0.05, 0.1) is 4.90 Å². The van der Waals surface area contributed by atoms with E-state index in [0.717, 1.165) is 10.9 Å². The standard InChI is InChI=1S/C21H23BrN2O3S/c22-16-8-6-15(7-9-16)19-14-20(19)21(25)24-12-10-17(11-13-24)23-28(26,27)18-4-2-1-3-5-18/h1-9,17,19-20,23H,10-14H2. The Bertz CT molecular complexity index is 939. The van der Waals surface area contributed by atoms with E-state index in [2.05, 4.69) is 32.8 Å². The first-order valence-electron chi connectivity index (χ1n) is 9.56. The number of hydrogen-bond donors (Lipinski definition) is 1. The van der Waals surface area contributed by atoms with E-state index in [0.29, 0.717) is 31.8 Å². The summed E-state index contributed by atoms with van der Waals surface area (Å²) in [5, 5.41) is 0. The predicted octanol–water partition coefficient (Wildman–Crippen LogP) is 3.52. The average molecular weight is 463 g/mol. The Morgan fingerprint density at radius 1 is 1.00 bits per heavy atom. The number of rotatable bonds is 5. The lowest BCUT2D eigenvalue weighted by Crippen LogP contribution is -2.47. The van der Waals surface area contributed by atoms with Crippen LogP contribution < -0.4 is 4.72 Å². The molecule has 0 spiro atoms. The Kier molecular flexibility index (Phi) is 5.58. The molecule has 1 amide bonds. The molecule has 7 heteroatoms. The van der Waals surface area contributed by atoms with E-state index in [1.54, 1.807) is 30.3 Å². The molecular weight excluding hydrogens is 440 g/mol. The molecule has 0 bridgehead atoms. The van der Waals surface area contributed by atoms with Crippen LogP contribution in [0.3, 0.4) is 0 Å². The van der Waals surface area contributed by atoms with Gasteiger partial charge < -0.3 is 4.90 Å². The Hall–Kier alpha value is -1.70. The normalized spacial score (nSPS) is 22.8. The fraction of sp³-hybridized carbons (Fsp3) is 0.381. The molecule has 0 radical (unpaired) electrons. The third-order valence-electron chi connectivity index (χ3n) is 5.59. The second-order valence-corrected chi connectivity index (χ2v) is 10.2. The third-order valence-corrected chi connectivity index (χ3v) is 7.65. The van der Waals surface area contributed by atoms with Gasteiger partial charge in [-0.15, -0.1) is 0 Å². The summed E-state index contributed by atoms with van der Waals surface area (Å²) in [6.45, 7) is 1.20. The number of likely N-dealkylation sites (tertiary alicyclic amines) is 1. The Labute approximate surface area is 174 Å². The van der Waals surface area contributed by atoms with Crippen molar-refractivity contribution in [3.8, 4) is 0 Å². The quantitative estimate of drug-likeness (QED) is 0.738. The van der Waals surface area contributed by atoms with Crippen molar-refractivity contribution >= 4 is 31.9 Å². The molecule has 5 nitrogen and oxygen atoms in total. The van der Waals surface area contributed by atoms with Gasteiger partial charge in [-0.1, -0.05) is 46.3 Å². The van der Waals surface area contributed by atoms with E-state index < -0.39 is 10.0 Å². The van der Waals surface area contributed by atoms with E-state index in [1.165, 1.54) is 5.56 Å². The van der Waals surface area contributed by atoms with Crippen molar-refractivity contribution in [3.63, 3.8) is 0 Å². The van der Waals surface area contributed by atoms with Gasteiger partial charge in [-0.25, -0.2) is 13.1 Å². The van der Waals surface area contributed by atoms with Crippen molar-refractivity contribution < 1.29 is 13.2 Å². The van der Waals surface area contributed by atoms with Crippen LogP contribution in [0.25, 0.3) is 0 Å². The topological polar surface area (TPSA) is 66.5 Å². The first kappa shape index (κ1) is 19.6. The number of nitrogens with zero attached hydrogens (tertiary/aromatic N) is 1. The van der Waals surface area contributed by atoms with Crippen molar-refractivity contribution in [1.29, 1.82) is 0 Å². The van der Waals surface area contributed by atoms with Gasteiger partial charge in [0, 0.05) is 29.5 Å². The van der Waals surface area contributed by atoms with E-state index >= 15 is 0 Å². The maximum atomic E-state index is 12.8. The summed E-state index contributed by atoms with van der Waals surface area (Å²) in [7, 11) is -3.51. The minimum Gasteiger partial charge on any atom is -0.342 e. The Morgan fingerprint density at radius 3 is 2.29 bits per heavy atom. The van der Waals surface area contributed by atoms with Crippen LogP contribution in [0.5, 0.6) is 0 Å². The first-order valence-corrected chi connectivity index (χ1v) is 11.8. The van der Waals surface area contributed by atoms with Crippen LogP contribution >= 0.6 is 15.9 Å². The smallest absolute Gasteiger partial charge is 0.240 e. The maximum absolute atomic E-state index is 12.8. The van der Waals surface area contributed by atoms with Gasteiger partial charge in [0.1, 0.15) is 0 Å². The molecule has 0 aromatic heterocycles. The highest BCUT2D eigenvalue weighted by atomic mass is 79.9. The van der Waals surface area contributed by atoms with Crippen LogP contribution in [0, 0.1) is 5.92 Å². The van der Waals surface area contributed by atoms with Gasteiger partial charge in [0.25, 0.3) is 0 Å². The van der Waals surface area contributed by atoms with Crippen molar-refractivity contribution in [2.75, 3.05) is 13.1 Å². The lowest BCUT2D eigenvalue weighted by molar-refractivity contribution is -0.133. The zero-order valence-electron chi connectivity index (χ0n) is 15.4. The molecule has 2 fully saturated rings. The fourth-order valence-electron chi connectivity index (χ4n) is 3.89. The van der Waals surface area contributed by atoms with E-state index in [4.69, 9.17) is 0 Å². The Balaban J connectivity index is 1.30. The van der Waals surface area contributed by atoms with Gasteiger partial charge in [0.15, 0.2) is 0 Å². The Morgan fingerprint density at radius 2 is 1.64 bits per heavy atom. The lowest BCUT2D eigenvalue weighted by atomic mass is 10.0. The van der Waals surface area contributed by atoms with Crippen LogP contribution in [0.1, 0.15) is 30.7 Å². The lowest BCUT2D eigenvalue weighted by Gasteiger charge is -2.32. The van der Waals surface area contributed by atoms with Gasteiger partial charge in [-0.3, -0.25) is 4.79 Å². The van der Waals surface area contributed by atoms with E-state index in [1.807, 2.05) is 17.0 Å². The molecule has 2 atom stereocenters. The highest BCUT2D eigenvalue weighted by molar-refractivity contribution is 9.10. The summed E-state index contributed by atoms with van der Waals surface area (Å²) in [6.07, 6.45) is 2.20. The molecule has 4 rings (SSSR count). The monoisotopic (exact) mass is 462 g/mol. The first-order chi connectivity index (χ1) is 13.4. The third kappa shape index (κ3) is 4.31. The summed E-state index contributed by atoms with van der Waals surface area (Å²) in [6, 6.07) is 16.5. The molecule has 1 aliphatic heterocycles. The molecule has 1 aliphatic carbocycles. The van der Waals surface area contributed by atoms with E-state index in [-0.39, 0.29) is 22.8 Å². The number of amides is 1. The zero-order chi connectivity index (χ0) is 19.7. The summed E-state index contributed by atoms with van der Waals surface area (Å²) in [5.74, 6) is 0.589. The molecule has 148 valence electrons. The number of nitrogens with one attached hydrogen (secondary N) is 1. The van der Waals surface area contributed by atoms with Crippen LogP contribution in [-0.2, 0) is 14.8 Å². The molecule has 2 aromatic rings. The van der Waals surface area contributed by atoms with Crippen LogP contribution in [0.4, 0.5) is 0 Å². The highest BCUT2D eigenvalue weighted by Gasteiger charge is 2.46. The number of halogens is 1. The van der Waals surface area contributed by atoms with Crippen LogP contribution in [-0.4, -0.2) is 38.4 Å². The summed E-state index contributed by atoms with van der Waals surface area (Å²) in [5.41, 5.74) is 1.21. The number of benzene rings is 2. The minimum atomic E-state index is -3.51. The van der Waals surface area contributed by atoms with Crippen LogP contribution in [0.15, 0.2) is 64.0 Å². The van der Waals surface area contributed by atoms with Gasteiger partial charge in [-0.05, 0) is 55.0 Å². The largest absolute Gasteiger partial charge is 0.342 e. The van der Waals surface area contributed by atoms with Crippen molar-refractivity contribution in [2.45, 2.75) is 36.1 Å². The fourth-order valence-corrected chi connectivity index (χ4v) is 5.48. The van der Waals surface area contributed by atoms with Gasteiger partial charge in [-0.2, -0.15) is 0 Å². The minimum absolute atomic E-state index is 0.0683. The van der Waals surface area contributed by atoms with Gasteiger partial charge >= 0.3 is 0 Å². The zero-order valence-corrected chi connectivity index (χ0v) is 17.8. The molecule has 1 heterocycles. The average Bonchev–Trinajstić information content (AvgIpc) is 3.50. The molecule has 28 heavy (non-hydrogen) atoms. The molecule has 2 aliphatic rings. The summed E-state index contributed by atoms with van der Waals surface area (Å²) in [4.78, 5) is 15.0. The summed E-state index contributed by atoms with van der Waals surface area (Å²) >= 11 is 3.44. The molecule has 1 N–H and O–H groups in total. The van der Waals surface area contributed by atoms with Crippen molar-refractivity contribution in [2.24, 2.45) is 5.92 Å². The van der Waals surface area contributed by atoms with Gasteiger partial charge in [0.2, 0.25) is 15.9 Å². The molecule has 1 saturated carbocycles. The number of piperidine rings is 1. The van der Waals surface area contributed by atoms with Crippen molar-refractivity contribution in [1.82, 2.24) is 9.62 Å². The molecule has 2 aromatic carbocycles. The second-order valence-electron chi connectivity index (χ2n) is 7.53. The number of hydrogen-bond acceptors (Lipinski definition) is 3. The highest BCUT2D eigenvalue weighted by Crippen LogP contribution is 2.48. The van der Waals surface area contributed by atoms with Crippen molar-refractivity contribution in [3.05, 3.63) is 64.6 Å². The van der Waals surface area contributed by atoms with Crippen LogP contribution in [0.2, 0.25) is 0 Å². The molecule has 2 unspecified atom stereocenters. The number of carbonyl (C=O) groups is 1. The second kappa shape index (κ2) is 7.97. The SMILES string of the molecule is O=C(C1CC1c1ccc(Br)cc1)N1CCC(NS(=O)(=O)c2ccccc2)CC1. The van der Waals surface area contributed by atoms with E-state index in [9.17, 15) is 13.2 Å². The molecular formula is C21H23BrN2O3S. The molecule has 1 saturated heterocycles. The number of carbonyl (C=O) groups excluding carboxylic acids is 1. The maximum Gasteiger partial charge on any atom is 0.240 e. The number of sulfonamides is 1. The predicted molar refractivity (Wildman–Crippen MR) is 111 cm³/mol.